The van der Waals surface area contributed by atoms with Crippen molar-refractivity contribution in [3.05, 3.63) is 17.9 Å². The Balaban J connectivity index is 2.60. The molecule has 0 amide bonds. The standard InChI is InChI=1S/C9H15NO3S/c1-2-3-4-5-8-6-7-9(13-8)14(10,11)12/h6-7H,2-5H2,1H3,(H2,10,11,12). The predicted molar refractivity (Wildman–Crippen MR) is 53.3 cm³/mol. The molecule has 1 aromatic heterocycles. The van der Waals surface area contributed by atoms with E-state index in [1.54, 1.807) is 6.07 Å². The highest BCUT2D eigenvalue weighted by atomic mass is 32.2. The van der Waals surface area contributed by atoms with Gasteiger partial charge in [0.25, 0.3) is 10.0 Å². The van der Waals surface area contributed by atoms with Gasteiger partial charge in [0.2, 0.25) is 5.09 Å². The van der Waals surface area contributed by atoms with Crippen molar-refractivity contribution >= 4 is 10.0 Å². The molecule has 0 atom stereocenters. The molecule has 0 aliphatic rings. The Labute approximate surface area is 84.2 Å². The second-order valence-corrected chi connectivity index (χ2v) is 4.72. The summed E-state index contributed by atoms with van der Waals surface area (Å²) >= 11 is 0. The summed E-state index contributed by atoms with van der Waals surface area (Å²) in [5.41, 5.74) is 0. The highest BCUT2D eigenvalue weighted by molar-refractivity contribution is 7.89. The lowest BCUT2D eigenvalue weighted by Crippen LogP contribution is -2.10. The van der Waals surface area contributed by atoms with E-state index >= 15 is 0 Å². The Bertz CT molecular complexity index is 381. The number of rotatable bonds is 5. The predicted octanol–water partition coefficient (Wildman–Crippen LogP) is 1.66. The molecule has 0 aromatic carbocycles. The Morgan fingerprint density at radius 3 is 2.57 bits per heavy atom. The smallest absolute Gasteiger partial charge is 0.271 e. The molecule has 0 saturated heterocycles. The van der Waals surface area contributed by atoms with Gasteiger partial charge in [-0.3, -0.25) is 0 Å². The summed E-state index contributed by atoms with van der Waals surface area (Å²) in [6.45, 7) is 2.11. The zero-order valence-corrected chi connectivity index (χ0v) is 9.01. The number of unbranched alkanes of at least 4 members (excludes halogenated alkanes) is 2. The van der Waals surface area contributed by atoms with E-state index in [0.717, 1.165) is 25.7 Å². The lowest BCUT2D eigenvalue weighted by atomic mass is 10.2. The van der Waals surface area contributed by atoms with E-state index in [4.69, 9.17) is 9.56 Å². The molecule has 0 radical (unpaired) electrons. The third kappa shape index (κ3) is 3.16. The van der Waals surface area contributed by atoms with Gasteiger partial charge >= 0.3 is 0 Å². The van der Waals surface area contributed by atoms with Gasteiger partial charge in [-0.1, -0.05) is 19.8 Å². The largest absolute Gasteiger partial charge is 0.448 e. The highest BCUT2D eigenvalue weighted by Gasteiger charge is 2.12. The second kappa shape index (κ2) is 4.61. The zero-order valence-electron chi connectivity index (χ0n) is 8.19. The summed E-state index contributed by atoms with van der Waals surface area (Å²) in [4.78, 5) is 0. The van der Waals surface area contributed by atoms with Gasteiger partial charge in [0, 0.05) is 6.42 Å². The maximum Gasteiger partial charge on any atom is 0.271 e. The molecule has 2 N–H and O–H groups in total. The van der Waals surface area contributed by atoms with Crippen molar-refractivity contribution in [1.29, 1.82) is 0 Å². The van der Waals surface area contributed by atoms with Crippen LogP contribution in [0.4, 0.5) is 0 Å². The van der Waals surface area contributed by atoms with Crippen molar-refractivity contribution in [2.24, 2.45) is 5.14 Å². The SMILES string of the molecule is CCCCCc1ccc(S(N)(=O)=O)o1. The molecule has 4 nitrogen and oxygen atoms in total. The van der Waals surface area contributed by atoms with E-state index in [2.05, 4.69) is 6.92 Å². The minimum atomic E-state index is -3.68. The molecule has 0 saturated carbocycles. The molecule has 0 fully saturated rings. The van der Waals surface area contributed by atoms with Gasteiger partial charge in [0.1, 0.15) is 5.76 Å². The van der Waals surface area contributed by atoms with Crippen LogP contribution < -0.4 is 5.14 Å². The van der Waals surface area contributed by atoms with Crippen LogP contribution in [0.2, 0.25) is 0 Å². The maximum atomic E-state index is 10.9. The van der Waals surface area contributed by atoms with Crippen molar-refractivity contribution in [2.45, 2.75) is 37.7 Å². The van der Waals surface area contributed by atoms with Gasteiger partial charge in [0.05, 0.1) is 0 Å². The van der Waals surface area contributed by atoms with Crippen LogP contribution in [0, 0.1) is 0 Å². The summed E-state index contributed by atoms with van der Waals surface area (Å²) < 4.78 is 26.8. The van der Waals surface area contributed by atoms with Crippen molar-refractivity contribution in [1.82, 2.24) is 0 Å². The fourth-order valence-electron chi connectivity index (χ4n) is 1.19. The molecule has 0 spiro atoms. The second-order valence-electron chi connectivity index (χ2n) is 3.22. The highest BCUT2D eigenvalue weighted by Crippen LogP contribution is 2.14. The number of hydrogen-bond donors (Lipinski definition) is 1. The summed E-state index contributed by atoms with van der Waals surface area (Å²) in [5, 5.41) is 4.75. The van der Waals surface area contributed by atoms with E-state index in [1.165, 1.54) is 6.07 Å². The molecule has 0 aliphatic heterocycles. The first-order chi connectivity index (χ1) is 6.54. The van der Waals surface area contributed by atoms with Gasteiger partial charge in [-0.15, -0.1) is 0 Å². The van der Waals surface area contributed by atoms with Crippen LogP contribution in [0.3, 0.4) is 0 Å². The van der Waals surface area contributed by atoms with E-state index < -0.39 is 10.0 Å². The first-order valence-electron chi connectivity index (χ1n) is 4.65. The summed E-state index contributed by atoms with van der Waals surface area (Å²) in [5.74, 6) is 0.683. The third-order valence-electron chi connectivity index (χ3n) is 1.94. The van der Waals surface area contributed by atoms with Gasteiger partial charge in [-0.2, -0.15) is 0 Å². The van der Waals surface area contributed by atoms with Crippen molar-refractivity contribution < 1.29 is 12.8 Å². The monoisotopic (exact) mass is 217 g/mol. The molecule has 1 aromatic rings. The summed E-state index contributed by atoms with van der Waals surface area (Å²) in [7, 11) is -3.68. The minimum absolute atomic E-state index is 0.149. The number of hydrogen-bond acceptors (Lipinski definition) is 3. The number of sulfonamides is 1. The fraction of sp³-hybridized carbons (Fsp3) is 0.556. The molecule has 1 heterocycles. The maximum absolute atomic E-state index is 10.9. The van der Waals surface area contributed by atoms with Crippen LogP contribution in [0.1, 0.15) is 31.9 Å². The molecule has 1 rings (SSSR count). The van der Waals surface area contributed by atoms with Crippen LogP contribution in [0.25, 0.3) is 0 Å². The lowest BCUT2D eigenvalue weighted by molar-refractivity contribution is 0.409. The lowest BCUT2D eigenvalue weighted by Gasteiger charge is -1.95. The van der Waals surface area contributed by atoms with Gasteiger partial charge in [-0.05, 0) is 18.6 Å². The Morgan fingerprint density at radius 1 is 1.36 bits per heavy atom. The van der Waals surface area contributed by atoms with Crippen molar-refractivity contribution in [2.75, 3.05) is 0 Å². The van der Waals surface area contributed by atoms with Crippen LogP contribution in [0.15, 0.2) is 21.6 Å². The molecule has 0 aliphatic carbocycles. The van der Waals surface area contributed by atoms with Gasteiger partial charge in [0.15, 0.2) is 0 Å². The molecule has 5 heteroatoms. The first-order valence-corrected chi connectivity index (χ1v) is 6.20. The number of furan rings is 1. The topological polar surface area (TPSA) is 73.3 Å². The first kappa shape index (κ1) is 11.3. The molecule has 0 bridgehead atoms. The average Bonchev–Trinajstić information content (AvgIpc) is 2.52. The van der Waals surface area contributed by atoms with E-state index in [0.29, 0.717) is 5.76 Å². The molecule has 0 unspecified atom stereocenters. The van der Waals surface area contributed by atoms with Crippen LogP contribution >= 0.6 is 0 Å². The van der Waals surface area contributed by atoms with Crippen molar-refractivity contribution in [3.63, 3.8) is 0 Å². The summed E-state index contributed by atoms with van der Waals surface area (Å²) in [6.07, 6.45) is 4.02. The Morgan fingerprint density at radius 2 is 2.07 bits per heavy atom. The average molecular weight is 217 g/mol. The Kier molecular flexibility index (Phi) is 3.71. The van der Waals surface area contributed by atoms with Gasteiger partial charge < -0.3 is 4.42 Å². The Hall–Kier alpha value is -0.810. The quantitative estimate of drug-likeness (QED) is 0.762. The van der Waals surface area contributed by atoms with Crippen LogP contribution in [-0.2, 0) is 16.4 Å². The van der Waals surface area contributed by atoms with Crippen LogP contribution in [0.5, 0.6) is 0 Å². The minimum Gasteiger partial charge on any atom is -0.448 e. The molecular formula is C9H15NO3S. The van der Waals surface area contributed by atoms with E-state index in [-0.39, 0.29) is 5.09 Å². The van der Waals surface area contributed by atoms with Gasteiger partial charge in [-0.25, -0.2) is 13.6 Å². The number of primary sulfonamides is 1. The van der Waals surface area contributed by atoms with E-state index in [1.807, 2.05) is 0 Å². The molecule has 80 valence electrons. The molecular weight excluding hydrogens is 202 g/mol. The van der Waals surface area contributed by atoms with Crippen LogP contribution in [-0.4, -0.2) is 8.42 Å². The molecule has 14 heavy (non-hydrogen) atoms. The summed E-state index contributed by atoms with van der Waals surface area (Å²) in [6, 6.07) is 3.06. The zero-order chi connectivity index (χ0) is 10.6. The fourth-order valence-corrected chi connectivity index (χ4v) is 1.68. The normalized spacial score (nSPS) is 11.9. The number of aryl methyl sites for hydroxylation is 1. The number of nitrogens with two attached hydrogens (primary N) is 1. The van der Waals surface area contributed by atoms with E-state index in [9.17, 15) is 8.42 Å². The third-order valence-corrected chi connectivity index (χ3v) is 2.72. The van der Waals surface area contributed by atoms with Crippen molar-refractivity contribution in [3.8, 4) is 0 Å².